The number of fused-ring (bicyclic) bond motifs is 1. The molecule has 0 bridgehead atoms. The highest BCUT2D eigenvalue weighted by Gasteiger charge is 2.87. The van der Waals surface area contributed by atoms with E-state index in [4.69, 9.17) is 16.3 Å². The van der Waals surface area contributed by atoms with E-state index < -0.39 is 52.7 Å². The molecule has 3 rings (SSSR count). The number of nitrogens with zero attached hydrogens (tertiary/aromatic N) is 1. The van der Waals surface area contributed by atoms with Crippen molar-refractivity contribution in [1.82, 2.24) is 9.55 Å². The van der Waals surface area contributed by atoms with Crippen LogP contribution >= 0.6 is 11.6 Å². The summed E-state index contributed by atoms with van der Waals surface area (Å²) in [6, 6.07) is 0. The lowest BCUT2D eigenvalue weighted by Gasteiger charge is -2.21. The van der Waals surface area contributed by atoms with E-state index in [-0.39, 0.29) is 0 Å². The fraction of sp³-hybridized carbons (Fsp3) is 0.600. The molecule has 2 heterocycles. The standard InChI is InChI=1S/C10H9ClF2N2O5/c11-2-9-7(17)10(9,19)4(13)6(20-9)15-1-3(12)5(16)14-8(15)18/h1,4,6-7,17,19H,2H2,(H,14,16,18)/t4-,6+,7+,9+,10+/m0/s1. The number of aliphatic hydroxyl groups excluding tert-OH is 1. The lowest BCUT2D eigenvalue weighted by molar-refractivity contribution is -0.0872. The average Bonchev–Trinajstić information content (AvgIpc) is 2.76. The monoisotopic (exact) mass is 310 g/mol. The highest BCUT2D eigenvalue weighted by atomic mass is 35.5. The largest absolute Gasteiger partial charge is 0.387 e. The van der Waals surface area contributed by atoms with Crippen molar-refractivity contribution >= 4 is 11.6 Å². The van der Waals surface area contributed by atoms with Crippen LogP contribution in [0.3, 0.4) is 0 Å². The number of aromatic nitrogens is 2. The Bertz CT molecular complexity index is 689. The number of ether oxygens (including phenoxy) is 1. The molecule has 1 aliphatic carbocycles. The predicted octanol–water partition coefficient (Wildman–Crippen LogP) is -1.37. The molecular weight excluding hydrogens is 302 g/mol. The minimum Gasteiger partial charge on any atom is -0.387 e. The van der Waals surface area contributed by atoms with Crippen LogP contribution in [0, 0.1) is 5.82 Å². The summed E-state index contributed by atoms with van der Waals surface area (Å²) < 4.78 is 33.0. The molecule has 0 radical (unpaired) electrons. The van der Waals surface area contributed by atoms with Gasteiger partial charge in [0.2, 0.25) is 5.82 Å². The van der Waals surface area contributed by atoms with Gasteiger partial charge in [-0.3, -0.25) is 14.3 Å². The van der Waals surface area contributed by atoms with Crippen molar-refractivity contribution in [2.75, 3.05) is 5.88 Å². The Balaban J connectivity index is 2.05. The van der Waals surface area contributed by atoms with Crippen molar-refractivity contribution in [2.45, 2.75) is 29.7 Å². The molecular formula is C10H9ClF2N2O5. The molecule has 1 saturated carbocycles. The van der Waals surface area contributed by atoms with Gasteiger partial charge < -0.3 is 14.9 Å². The SMILES string of the molecule is O=c1[nH]c(=O)n([C@@H]2O[C@]3(CCl)[C@@H](O)[C@]3(O)[C@H]2F)cc1F. The van der Waals surface area contributed by atoms with Gasteiger partial charge in [-0.15, -0.1) is 11.6 Å². The third-order valence-corrected chi connectivity index (χ3v) is 4.25. The first-order valence-corrected chi connectivity index (χ1v) is 6.12. The first-order chi connectivity index (χ1) is 9.29. The fourth-order valence-corrected chi connectivity index (χ4v) is 3.01. The maximum Gasteiger partial charge on any atom is 0.330 e. The van der Waals surface area contributed by atoms with Crippen molar-refractivity contribution in [1.29, 1.82) is 0 Å². The maximum absolute atomic E-state index is 14.2. The molecule has 1 aliphatic heterocycles. The van der Waals surface area contributed by atoms with E-state index in [2.05, 4.69) is 0 Å². The summed E-state index contributed by atoms with van der Waals surface area (Å²) in [6.07, 6.45) is -4.97. The summed E-state index contributed by atoms with van der Waals surface area (Å²) in [4.78, 5) is 24.1. The molecule has 10 heteroatoms. The number of rotatable bonds is 2. The van der Waals surface area contributed by atoms with Crippen LogP contribution in [0.2, 0.25) is 0 Å². The van der Waals surface area contributed by atoms with E-state index in [0.29, 0.717) is 10.8 Å². The van der Waals surface area contributed by atoms with Crippen molar-refractivity contribution in [3.63, 3.8) is 0 Å². The molecule has 20 heavy (non-hydrogen) atoms. The molecule has 2 aliphatic rings. The van der Waals surface area contributed by atoms with Gasteiger partial charge in [-0.1, -0.05) is 0 Å². The Morgan fingerprint density at radius 2 is 2.20 bits per heavy atom. The van der Waals surface area contributed by atoms with Gasteiger partial charge in [0.05, 0.1) is 12.1 Å². The molecule has 1 aromatic rings. The number of nitrogens with one attached hydrogen (secondary N) is 1. The molecule has 1 aromatic heterocycles. The Kier molecular flexibility index (Phi) is 2.65. The van der Waals surface area contributed by atoms with Crippen molar-refractivity contribution in [2.24, 2.45) is 0 Å². The summed E-state index contributed by atoms with van der Waals surface area (Å²) in [5.41, 5.74) is -6.36. The average molecular weight is 311 g/mol. The smallest absolute Gasteiger partial charge is 0.330 e. The summed E-state index contributed by atoms with van der Waals surface area (Å²) in [5, 5.41) is 19.5. The van der Waals surface area contributed by atoms with Crippen LogP contribution in [-0.2, 0) is 4.74 Å². The minimum absolute atomic E-state index is 0.415. The second-order valence-corrected chi connectivity index (χ2v) is 5.07. The van der Waals surface area contributed by atoms with E-state index in [1.807, 2.05) is 0 Å². The summed E-state index contributed by atoms with van der Waals surface area (Å²) in [5.74, 6) is -1.73. The highest BCUT2D eigenvalue weighted by molar-refractivity contribution is 6.19. The van der Waals surface area contributed by atoms with Crippen molar-refractivity contribution in [3.05, 3.63) is 32.9 Å². The second kappa shape index (κ2) is 3.88. The van der Waals surface area contributed by atoms with Crippen LogP contribution in [0.5, 0.6) is 0 Å². The van der Waals surface area contributed by atoms with E-state index in [9.17, 15) is 28.6 Å². The van der Waals surface area contributed by atoms with Crippen molar-refractivity contribution < 1.29 is 23.7 Å². The number of aromatic amines is 1. The molecule has 0 aromatic carbocycles. The quantitative estimate of drug-likeness (QED) is 0.584. The first kappa shape index (κ1) is 13.7. The minimum atomic E-state index is -2.26. The zero-order valence-electron chi connectivity index (χ0n) is 9.72. The molecule has 1 saturated heterocycles. The van der Waals surface area contributed by atoms with E-state index >= 15 is 0 Å². The van der Waals surface area contributed by atoms with Gasteiger partial charge in [-0.05, 0) is 0 Å². The Morgan fingerprint density at radius 1 is 1.55 bits per heavy atom. The molecule has 2 fully saturated rings. The molecule has 3 N–H and O–H groups in total. The Morgan fingerprint density at radius 3 is 2.75 bits per heavy atom. The van der Waals surface area contributed by atoms with Gasteiger partial charge in [-0.2, -0.15) is 4.39 Å². The molecule has 5 atom stereocenters. The van der Waals surface area contributed by atoms with Crippen LogP contribution in [0.25, 0.3) is 0 Å². The number of aliphatic hydroxyl groups is 2. The molecule has 0 spiro atoms. The lowest BCUT2D eigenvalue weighted by Crippen LogP contribution is -2.40. The third kappa shape index (κ3) is 1.33. The number of alkyl halides is 2. The molecule has 7 nitrogen and oxygen atoms in total. The van der Waals surface area contributed by atoms with E-state index in [1.165, 1.54) is 0 Å². The van der Waals surface area contributed by atoms with Gasteiger partial charge in [0.1, 0.15) is 11.7 Å². The van der Waals surface area contributed by atoms with Crippen LogP contribution in [0.1, 0.15) is 6.23 Å². The van der Waals surface area contributed by atoms with Gasteiger partial charge in [-0.25, -0.2) is 9.18 Å². The number of halogens is 3. The van der Waals surface area contributed by atoms with Gasteiger partial charge in [0, 0.05) is 0 Å². The predicted molar refractivity (Wildman–Crippen MR) is 60.7 cm³/mol. The van der Waals surface area contributed by atoms with Crippen molar-refractivity contribution in [3.8, 4) is 0 Å². The first-order valence-electron chi connectivity index (χ1n) is 5.59. The van der Waals surface area contributed by atoms with Crippen LogP contribution in [0.4, 0.5) is 8.78 Å². The van der Waals surface area contributed by atoms with Gasteiger partial charge >= 0.3 is 5.69 Å². The second-order valence-electron chi connectivity index (χ2n) is 4.80. The Hall–Kier alpha value is -1.29. The number of H-pyrrole nitrogens is 1. The van der Waals surface area contributed by atoms with Gasteiger partial charge in [0.25, 0.3) is 5.56 Å². The zero-order valence-corrected chi connectivity index (χ0v) is 10.5. The van der Waals surface area contributed by atoms with E-state index in [1.54, 1.807) is 4.98 Å². The highest BCUT2D eigenvalue weighted by Crippen LogP contribution is 2.63. The van der Waals surface area contributed by atoms with Crippen LogP contribution in [0.15, 0.2) is 15.8 Å². The van der Waals surface area contributed by atoms with Crippen LogP contribution < -0.4 is 11.2 Å². The lowest BCUT2D eigenvalue weighted by atomic mass is 10.1. The third-order valence-electron chi connectivity index (χ3n) is 3.85. The van der Waals surface area contributed by atoms with Gasteiger partial charge in [0.15, 0.2) is 18.0 Å². The maximum atomic E-state index is 14.2. The normalized spacial score (nSPS) is 42.5. The topological polar surface area (TPSA) is 105 Å². The number of hydrogen-bond donors (Lipinski definition) is 3. The fourth-order valence-electron chi connectivity index (χ4n) is 2.59. The molecule has 0 unspecified atom stereocenters. The van der Waals surface area contributed by atoms with Crippen LogP contribution in [-0.4, -0.2) is 49.1 Å². The summed E-state index contributed by atoms with van der Waals surface area (Å²) >= 11 is 5.56. The molecule has 0 amide bonds. The number of hydrogen-bond acceptors (Lipinski definition) is 5. The zero-order chi connectivity index (χ0) is 14.9. The summed E-state index contributed by atoms with van der Waals surface area (Å²) in [7, 11) is 0. The van der Waals surface area contributed by atoms with E-state index in [0.717, 1.165) is 0 Å². The Labute approximate surface area is 114 Å². The molecule has 110 valence electrons. The summed E-state index contributed by atoms with van der Waals surface area (Å²) in [6.45, 7) is 0.